The lowest BCUT2D eigenvalue weighted by atomic mass is 10.1. The Hall–Kier alpha value is -3.86. The first kappa shape index (κ1) is 21.4. The molecule has 0 bridgehead atoms. The van der Waals surface area contributed by atoms with E-state index in [0.717, 1.165) is 22.2 Å². The topological polar surface area (TPSA) is 103 Å². The molecule has 0 aliphatic carbocycles. The molecule has 0 aliphatic rings. The Bertz CT molecular complexity index is 1410. The molecular formula is C23H15Cl2N5O2. The SMILES string of the molecule is N#Cc1cc(C(=O)NN=Cc2cccc3c2ccn3Cc2ccc(Cl)c(Cl)n2)ccc1O. The van der Waals surface area contributed by atoms with Gasteiger partial charge < -0.3 is 9.67 Å². The van der Waals surface area contributed by atoms with Gasteiger partial charge in [-0.3, -0.25) is 4.79 Å². The van der Waals surface area contributed by atoms with Crippen LogP contribution in [-0.2, 0) is 6.54 Å². The molecule has 158 valence electrons. The van der Waals surface area contributed by atoms with Gasteiger partial charge in [-0.25, -0.2) is 10.4 Å². The molecule has 7 nitrogen and oxygen atoms in total. The zero-order valence-electron chi connectivity index (χ0n) is 16.5. The molecule has 1 amide bonds. The number of phenolic OH excluding ortho intramolecular Hbond substituents is 1. The van der Waals surface area contributed by atoms with E-state index in [4.69, 9.17) is 28.5 Å². The van der Waals surface area contributed by atoms with Gasteiger partial charge in [0.15, 0.2) is 0 Å². The number of fused-ring (bicyclic) bond motifs is 1. The highest BCUT2D eigenvalue weighted by Gasteiger charge is 2.10. The molecule has 2 N–H and O–H groups in total. The molecule has 2 heterocycles. The van der Waals surface area contributed by atoms with Gasteiger partial charge >= 0.3 is 0 Å². The highest BCUT2D eigenvalue weighted by atomic mass is 35.5. The number of benzene rings is 2. The van der Waals surface area contributed by atoms with Crippen molar-refractivity contribution in [1.82, 2.24) is 15.0 Å². The molecular weight excluding hydrogens is 449 g/mol. The van der Waals surface area contributed by atoms with Crippen molar-refractivity contribution < 1.29 is 9.90 Å². The number of pyridine rings is 1. The second-order valence-electron chi connectivity index (χ2n) is 6.84. The van der Waals surface area contributed by atoms with Crippen molar-refractivity contribution in [2.24, 2.45) is 5.10 Å². The van der Waals surface area contributed by atoms with Crippen LogP contribution in [0.1, 0.15) is 27.2 Å². The van der Waals surface area contributed by atoms with E-state index in [2.05, 4.69) is 15.5 Å². The van der Waals surface area contributed by atoms with Gasteiger partial charge in [0, 0.05) is 28.2 Å². The Balaban J connectivity index is 1.52. The molecule has 2 aromatic heterocycles. The lowest BCUT2D eigenvalue weighted by Gasteiger charge is -2.07. The second-order valence-corrected chi connectivity index (χ2v) is 7.61. The Kier molecular flexibility index (Phi) is 6.08. The van der Waals surface area contributed by atoms with Gasteiger partial charge in [0.05, 0.1) is 29.0 Å². The number of nitrogens with one attached hydrogen (secondary N) is 1. The summed E-state index contributed by atoms with van der Waals surface area (Å²) in [5.41, 5.74) is 5.22. The van der Waals surface area contributed by atoms with Gasteiger partial charge in [0.2, 0.25) is 0 Å². The van der Waals surface area contributed by atoms with Crippen molar-refractivity contribution in [2.75, 3.05) is 0 Å². The number of phenols is 1. The van der Waals surface area contributed by atoms with E-state index in [0.29, 0.717) is 11.6 Å². The standard InChI is InChI=1S/C23H15Cl2N5O2/c24-19-6-5-17(28-22(19)25)13-30-9-8-18-15(2-1-3-20(18)30)12-27-29-23(32)14-4-7-21(31)16(10-14)11-26/h1-10,12,31H,13H2,(H,29,32). The van der Waals surface area contributed by atoms with Crippen LogP contribution in [0.25, 0.3) is 10.9 Å². The number of aromatic hydroxyl groups is 1. The molecule has 0 aliphatic heterocycles. The predicted molar refractivity (Wildman–Crippen MR) is 123 cm³/mol. The van der Waals surface area contributed by atoms with Crippen molar-refractivity contribution in [3.63, 3.8) is 0 Å². The molecule has 4 aromatic rings. The maximum Gasteiger partial charge on any atom is 0.271 e. The number of halogens is 2. The van der Waals surface area contributed by atoms with Crippen molar-refractivity contribution in [3.8, 4) is 11.8 Å². The fraction of sp³-hybridized carbons (Fsp3) is 0.0435. The number of amides is 1. The Morgan fingerprint density at radius 2 is 2.06 bits per heavy atom. The Morgan fingerprint density at radius 1 is 1.22 bits per heavy atom. The van der Waals surface area contributed by atoms with Gasteiger partial charge in [-0.1, -0.05) is 35.3 Å². The van der Waals surface area contributed by atoms with E-state index in [9.17, 15) is 9.90 Å². The summed E-state index contributed by atoms with van der Waals surface area (Å²) in [6.45, 7) is 0.514. The molecule has 4 rings (SSSR count). The van der Waals surface area contributed by atoms with Gasteiger partial charge in [-0.15, -0.1) is 0 Å². The van der Waals surface area contributed by atoms with Crippen LogP contribution in [0.5, 0.6) is 5.75 Å². The monoisotopic (exact) mass is 463 g/mol. The largest absolute Gasteiger partial charge is 0.507 e. The van der Waals surface area contributed by atoms with Crippen molar-refractivity contribution in [3.05, 3.63) is 93.4 Å². The summed E-state index contributed by atoms with van der Waals surface area (Å²) in [4.78, 5) is 16.6. The van der Waals surface area contributed by atoms with Crippen molar-refractivity contribution >= 4 is 46.2 Å². The van der Waals surface area contributed by atoms with E-state index in [-0.39, 0.29) is 22.0 Å². The third-order valence-electron chi connectivity index (χ3n) is 4.79. The number of nitrogens with zero attached hydrogens (tertiary/aromatic N) is 4. The molecule has 2 aromatic carbocycles. The van der Waals surface area contributed by atoms with Gasteiger partial charge in [-0.05, 0) is 42.5 Å². The van der Waals surface area contributed by atoms with Crippen LogP contribution in [0.3, 0.4) is 0 Å². The van der Waals surface area contributed by atoms with E-state index >= 15 is 0 Å². The first-order valence-electron chi connectivity index (χ1n) is 9.41. The Morgan fingerprint density at radius 3 is 2.84 bits per heavy atom. The number of carbonyl (C=O) groups excluding carboxylic acids is 1. The normalized spacial score (nSPS) is 11.0. The summed E-state index contributed by atoms with van der Waals surface area (Å²) in [5, 5.41) is 24.2. The molecule has 32 heavy (non-hydrogen) atoms. The van der Waals surface area contributed by atoms with Crippen LogP contribution in [0.15, 0.2) is 65.9 Å². The number of rotatable bonds is 5. The lowest BCUT2D eigenvalue weighted by molar-refractivity contribution is 0.0955. The number of hydrogen-bond acceptors (Lipinski definition) is 5. The summed E-state index contributed by atoms with van der Waals surface area (Å²) in [6, 6.07) is 17.1. The minimum absolute atomic E-state index is 0.0178. The van der Waals surface area contributed by atoms with Gasteiger partial charge in [0.25, 0.3) is 5.91 Å². The summed E-state index contributed by atoms with van der Waals surface area (Å²) in [6.07, 6.45) is 3.48. The molecule has 0 unspecified atom stereocenters. The van der Waals surface area contributed by atoms with Gasteiger partial charge in [0.1, 0.15) is 17.0 Å². The predicted octanol–water partition coefficient (Wildman–Crippen LogP) is 4.73. The first-order chi connectivity index (χ1) is 15.5. The third kappa shape index (κ3) is 4.42. The zero-order chi connectivity index (χ0) is 22.7. The maximum atomic E-state index is 12.3. The van der Waals surface area contributed by atoms with Gasteiger partial charge in [-0.2, -0.15) is 10.4 Å². The number of carbonyl (C=O) groups is 1. The van der Waals surface area contributed by atoms with Crippen LogP contribution >= 0.6 is 23.2 Å². The number of nitriles is 1. The summed E-state index contributed by atoms with van der Waals surface area (Å²) in [5.74, 6) is -0.673. The molecule has 0 saturated carbocycles. The third-order valence-corrected chi connectivity index (χ3v) is 5.48. The van der Waals surface area contributed by atoms with Crippen LogP contribution < -0.4 is 5.43 Å². The number of hydrogen-bond donors (Lipinski definition) is 2. The minimum atomic E-state index is -0.492. The Labute approximate surface area is 193 Å². The molecule has 0 atom stereocenters. The van der Waals surface area contributed by atoms with Crippen molar-refractivity contribution in [2.45, 2.75) is 6.54 Å². The average Bonchev–Trinajstić information content (AvgIpc) is 3.20. The highest BCUT2D eigenvalue weighted by molar-refractivity contribution is 6.41. The second kappa shape index (κ2) is 9.10. The number of hydrazone groups is 1. The average molecular weight is 464 g/mol. The van der Waals surface area contributed by atoms with E-state index < -0.39 is 5.91 Å². The number of aromatic nitrogens is 2. The molecule has 9 heteroatoms. The van der Waals surface area contributed by atoms with E-state index in [1.54, 1.807) is 12.3 Å². The molecule has 0 spiro atoms. The quantitative estimate of drug-likeness (QED) is 0.253. The summed E-state index contributed by atoms with van der Waals surface area (Å²) in [7, 11) is 0. The summed E-state index contributed by atoms with van der Waals surface area (Å²) >= 11 is 12.0. The fourth-order valence-electron chi connectivity index (χ4n) is 3.21. The smallest absolute Gasteiger partial charge is 0.271 e. The summed E-state index contributed by atoms with van der Waals surface area (Å²) < 4.78 is 2.03. The highest BCUT2D eigenvalue weighted by Crippen LogP contribution is 2.23. The fourth-order valence-corrected chi connectivity index (χ4v) is 3.48. The zero-order valence-corrected chi connectivity index (χ0v) is 18.0. The molecule has 0 saturated heterocycles. The van der Waals surface area contributed by atoms with Crippen LogP contribution in [-0.4, -0.2) is 26.8 Å². The first-order valence-corrected chi connectivity index (χ1v) is 10.2. The molecule has 0 fully saturated rings. The van der Waals surface area contributed by atoms with Crippen molar-refractivity contribution in [1.29, 1.82) is 5.26 Å². The van der Waals surface area contributed by atoms with E-state index in [1.165, 1.54) is 18.2 Å². The van der Waals surface area contributed by atoms with Crippen LogP contribution in [0.4, 0.5) is 0 Å². The van der Waals surface area contributed by atoms with Crippen LogP contribution in [0, 0.1) is 11.3 Å². The minimum Gasteiger partial charge on any atom is -0.507 e. The van der Waals surface area contributed by atoms with Crippen LogP contribution in [0.2, 0.25) is 10.2 Å². The molecule has 0 radical (unpaired) electrons. The maximum absolute atomic E-state index is 12.3. The lowest BCUT2D eigenvalue weighted by Crippen LogP contribution is -2.17. The van der Waals surface area contributed by atoms with E-state index in [1.807, 2.05) is 47.2 Å².